The van der Waals surface area contributed by atoms with Crippen LogP contribution < -0.4 is 14.4 Å². The molecule has 3 aliphatic rings. The second kappa shape index (κ2) is 7.20. The molecule has 0 aromatic heterocycles. The van der Waals surface area contributed by atoms with Crippen molar-refractivity contribution in [2.45, 2.75) is 50.9 Å². The molecule has 1 saturated heterocycles. The van der Waals surface area contributed by atoms with Gasteiger partial charge >= 0.3 is 0 Å². The van der Waals surface area contributed by atoms with Gasteiger partial charge in [0, 0.05) is 17.5 Å². The second-order valence-corrected chi connectivity index (χ2v) is 8.90. The fourth-order valence-electron chi connectivity index (χ4n) is 5.13. The Labute approximate surface area is 177 Å². The van der Waals surface area contributed by atoms with E-state index in [1.54, 1.807) is 18.1 Å². The van der Waals surface area contributed by atoms with Gasteiger partial charge in [0.25, 0.3) is 0 Å². The van der Waals surface area contributed by atoms with Crippen LogP contribution in [-0.2, 0) is 0 Å². The van der Waals surface area contributed by atoms with Gasteiger partial charge < -0.3 is 19.5 Å². The molecule has 6 nitrogen and oxygen atoms in total. The van der Waals surface area contributed by atoms with Crippen LogP contribution in [0.2, 0.25) is 0 Å². The lowest BCUT2D eigenvalue weighted by atomic mass is 9.90. The molecule has 0 radical (unpaired) electrons. The predicted molar refractivity (Wildman–Crippen MR) is 115 cm³/mol. The highest BCUT2D eigenvalue weighted by molar-refractivity contribution is 6.02. The van der Waals surface area contributed by atoms with Crippen LogP contribution >= 0.6 is 0 Å². The van der Waals surface area contributed by atoms with Gasteiger partial charge in [-0.1, -0.05) is 18.2 Å². The standard InChI is InChI=1S/C24H29N3O3/c1-16(2)26-12-10-24(11-13-26)27-20(18-6-4-5-7-22(18)30-24)15-19(25-27)17-8-9-21(28)23(14-17)29-3/h4-9,14,16,20,28H,10-13,15H2,1-3H3/p+1/t20-/m0/s1. The number of quaternary nitrogens is 1. The number of nitrogens with one attached hydrogen (secondary N) is 1. The SMILES string of the molecule is COc1cc(C2=NN3[C@@H](C2)c2ccccc2OC32CC[NH+](C(C)C)CC2)ccc1O. The first-order valence-electron chi connectivity index (χ1n) is 10.9. The maximum atomic E-state index is 9.98. The zero-order valence-corrected chi connectivity index (χ0v) is 17.9. The summed E-state index contributed by atoms with van der Waals surface area (Å²) >= 11 is 0. The summed E-state index contributed by atoms with van der Waals surface area (Å²) in [5, 5.41) is 17.3. The topological polar surface area (TPSA) is 58.7 Å². The van der Waals surface area contributed by atoms with Gasteiger partial charge in [-0.2, -0.15) is 5.10 Å². The van der Waals surface area contributed by atoms with Gasteiger partial charge in [-0.05, 0) is 38.1 Å². The Bertz CT molecular complexity index is 979. The molecule has 1 spiro atoms. The molecule has 0 unspecified atom stereocenters. The summed E-state index contributed by atoms with van der Waals surface area (Å²) in [7, 11) is 1.57. The van der Waals surface area contributed by atoms with Crippen molar-refractivity contribution in [3.05, 3.63) is 53.6 Å². The number of piperidine rings is 1. The smallest absolute Gasteiger partial charge is 0.208 e. The molecule has 0 bridgehead atoms. The van der Waals surface area contributed by atoms with Crippen LogP contribution in [0.5, 0.6) is 17.2 Å². The number of hydrazone groups is 1. The number of fused-ring (bicyclic) bond motifs is 4. The van der Waals surface area contributed by atoms with Crippen molar-refractivity contribution in [3.63, 3.8) is 0 Å². The molecule has 6 heteroatoms. The zero-order chi connectivity index (χ0) is 20.9. The Hall–Kier alpha value is -2.73. The third-order valence-corrected chi connectivity index (χ3v) is 6.91. The lowest BCUT2D eigenvalue weighted by Gasteiger charge is -2.50. The molecule has 158 valence electrons. The summed E-state index contributed by atoms with van der Waals surface area (Å²) in [6.07, 6.45) is 2.73. The number of nitrogens with zero attached hydrogens (tertiary/aromatic N) is 2. The van der Waals surface area contributed by atoms with E-state index in [2.05, 4.69) is 43.1 Å². The summed E-state index contributed by atoms with van der Waals surface area (Å²) < 4.78 is 12.0. The third-order valence-electron chi connectivity index (χ3n) is 6.91. The molecule has 5 rings (SSSR count). The summed E-state index contributed by atoms with van der Waals surface area (Å²) in [4.78, 5) is 1.63. The van der Waals surface area contributed by atoms with E-state index in [0.29, 0.717) is 11.8 Å². The number of benzene rings is 2. The quantitative estimate of drug-likeness (QED) is 0.820. The number of likely N-dealkylation sites (tertiary alicyclic amines) is 1. The lowest BCUT2D eigenvalue weighted by Crippen LogP contribution is -3.16. The monoisotopic (exact) mass is 408 g/mol. The first-order chi connectivity index (χ1) is 14.5. The van der Waals surface area contributed by atoms with E-state index < -0.39 is 0 Å². The van der Waals surface area contributed by atoms with Crippen molar-refractivity contribution in [1.82, 2.24) is 5.01 Å². The van der Waals surface area contributed by atoms with Crippen LogP contribution in [0.3, 0.4) is 0 Å². The van der Waals surface area contributed by atoms with Crippen molar-refractivity contribution < 1.29 is 19.5 Å². The Morgan fingerprint density at radius 1 is 1.20 bits per heavy atom. The van der Waals surface area contributed by atoms with E-state index in [4.69, 9.17) is 14.6 Å². The van der Waals surface area contributed by atoms with E-state index in [9.17, 15) is 5.11 Å². The van der Waals surface area contributed by atoms with Crippen LogP contribution in [0.4, 0.5) is 0 Å². The van der Waals surface area contributed by atoms with Gasteiger partial charge in [0.2, 0.25) is 5.72 Å². The Morgan fingerprint density at radius 3 is 2.70 bits per heavy atom. The minimum Gasteiger partial charge on any atom is -0.504 e. The van der Waals surface area contributed by atoms with Crippen LogP contribution in [0.25, 0.3) is 0 Å². The molecular weight excluding hydrogens is 378 g/mol. The summed E-state index contributed by atoms with van der Waals surface area (Å²) in [5.41, 5.74) is 2.81. The molecule has 2 aromatic rings. The Kier molecular flexibility index (Phi) is 4.62. The number of phenols is 1. The van der Waals surface area contributed by atoms with E-state index >= 15 is 0 Å². The zero-order valence-electron chi connectivity index (χ0n) is 17.9. The van der Waals surface area contributed by atoms with E-state index in [-0.39, 0.29) is 17.5 Å². The molecule has 3 heterocycles. The number of phenolic OH excluding ortho intramolecular Hbond substituents is 1. The highest BCUT2D eigenvalue weighted by Gasteiger charge is 2.53. The van der Waals surface area contributed by atoms with Crippen molar-refractivity contribution in [1.29, 1.82) is 0 Å². The maximum absolute atomic E-state index is 9.98. The minimum atomic E-state index is -0.389. The average Bonchev–Trinajstić information content (AvgIpc) is 3.21. The fourth-order valence-corrected chi connectivity index (χ4v) is 5.13. The second-order valence-electron chi connectivity index (χ2n) is 8.90. The molecule has 2 aromatic carbocycles. The van der Waals surface area contributed by atoms with Crippen molar-refractivity contribution in [2.24, 2.45) is 5.10 Å². The lowest BCUT2D eigenvalue weighted by molar-refractivity contribution is -0.929. The number of ether oxygens (including phenoxy) is 2. The number of aromatic hydroxyl groups is 1. The Morgan fingerprint density at radius 2 is 1.97 bits per heavy atom. The molecule has 2 N–H and O–H groups in total. The van der Waals surface area contributed by atoms with E-state index in [1.165, 1.54) is 5.56 Å². The van der Waals surface area contributed by atoms with Crippen molar-refractivity contribution in [3.8, 4) is 17.2 Å². The van der Waals surface area contributed by atoms with Gasteiger partial charge in [0.05, 0.1) is 50.8 Å². The van der Waals surface area contributed by atoms with E-state index in [1.807, 2.05) is 12.1 Å². The fraction of sp³-hybridized carbons (Fsp3) is 0.458. The molecule has 30 heavy (non-hydrogen) atoms. The predicted octanol–water partition coefficient (Wildman–Crippen LogP) is 2.73. The molecule has 0 aliphatic carbocycles. The molecule has 0 saturated carbocycles. The average molecular weight is 409 g/mol. The summed E-state index contributed by atoms with van der Waals surface area (Å²) in [6, 6.07) is 14.6. The number of hydrogen-bond acceptors (Lipinski definition) is 5. The van der Waals surface area contributed by atoms with Gasteiger partial charge in [0.15, 0.2) is 11.5 Å². The highest BCUT2D eigenvalue weighted by atomic mass is 16.5. The Balaban J connectivity index is 1.53. The van der Waals surface area contributed by atoms with Crippen molar-refractivity contribution in [2.75, 3.05) is 20.2 Å². The molecular formula is C24H30N3O3+. The third kappa shape index (κ3) is 3.01. The normalized spacial score (nSPS) is 27.5. The summed E-state index contributed by atoms with van der Waals surface area (Å²) in [6.45, 7) is 6.75. The maximum Gasteiger partial charge on any atom is 0.208 e. The van der Waals surface area contributed by atoms with Crippen LogP contribution in [0, 0.1) is 0 Å². The molecule has 0 amide bonds. The van der Waals surface area contributed by atoms with Crippen molar-refractivity contribution >= 4 is 5.71 Å². The van der Waals surface area contributed by atoms with Gasteiger partial charge in [0.1, 0.15) is 5.75 Å². The number of rotatable bonds is 3. The number of hydrogen-bond donors (Lipinski definition) is 2. The largest absolute Gasteiger partial charge is 0.504 e. The van der Waals surface area contributed by atoms with E-state index in [0.717, 1.165) is 49.4 Å². The number of methoxy groups -OCH3 is 1. The minimum absolute atomic E-state index is 0.145. The first kappa shape index (κ1) is 19.2. The highest BCUT2D eigenvalue weighted by Crippen LogP contribution is 2.49. The van der Waals surface area contributed by atoms with Gasteiger partial charge in [-0.3, -0.25) is 0 Å². The van der Waals surface area contributed by atoms with Crippen LogP contribution in [0.15, 0.2) is 47.6 Å². The molecule has 1 atom stereocenters. The molecule has 1 fully saturated rings. The first-order valence-corrected chi connectivity index (χ1v) is 10.9. The summed E-state index contributed by atoms with van der Waals surface area (Å²) in [5.74, 6) is 1.61. The van der Waals surface area contributed by atoms with Gasteiger partial charge in [-0.15, -0.1) is 0 Å². The van der Waals surface area contributed by atoms with Crippen LogP contribution in [0.1, 0.15) is 50.3 Å². The molecule has 3 aliphatic heterocycles. The van der Waals surface area contributed by atoms with Gasteiger partial charge in [-0.25, -0.2) is 5.01 Å². The number of para-hydroxylation sites is 1. The van der Waals surface area contributed by atoms with Crippen LogP contribution in [-0.4, -0.2) is 47.8 Å².